The summed E-state index contributed by atoms with van der Waals surface area (Å²) in [6.07, 6.45) is 2.18. The van der Waals surface area contributed by atoms with Gasteiger partial charge in [-0.05, 0) is 18.6 Å². The molecule has 5 heteroatoms. The quantitative estimate of drug-likeness (QED) is 0.466. The van der Waals surface area contributed by atoms with Crippen LogP contribution < -0.4 is 0 Å². The molecule has 1 rings (SSSR count). The van der Waals surface area contributed by atoms with Gasteiger partial charge in [0, 0.05) is 11.5 Å². The minimum atomic E-state index is -0.322. The Labute approximate surface area is 69.2 Å². The maximum Gasteiger partial charge on any atom is 0.250 e. The van der Waals surface area contributed by atoms with E-state index in [1.165, 1.54) is 11.8 Å². The van der Waals surface area contributed by atoms with Gasteiger partial charge in [-0.2, -0.15) is 0 Å². The van der Waals surface area contributed by atoms with E-state index in [1.54, 1.807) is 0 Å². The lowest BCUT2D eigenvalue weighted by Crippen LogP contribution is -2.10. The second kappa shape index (κ2) is 4.33. The molecular formula is C6H10N2O2S. The van der Waals surface area contributed by atoms with Crippen LogP contribution in [0.3, 0.4) is 0 Å². The molecule has 0 atom stereocenters. The fourth-order valence-electron chi connectivity index (χ4n) is 0.859. The second-order valence-corrected chi connectivity index (χ2v) is 3.49. The first-order valence-corrected chi connectivity index (χ1v) is 4.55. The van der Waals surface area contributed by atoms with Crippen molar-refractivity contribution < 1.29 is 4.92 Å². The molecule has 0 aromatic rings. The van der Waals surface area contributed by atoms with Gasteiger partial charge in [0.05, 0.1) is 0 Å². The van der Waals surface area contributed by atoms with E-state index in [9.17, 15) is 10.1 Å². The van der Waals surface area contributed by atoms with Crippen molar-refractivity contribution in [1.82, 2.24) is 0 Å². The summed E-state index contributed by atoms with van der Waals surface area (Å²) in [5, 5.41) is 10.8. The fraction of sp³-hybridized carbons (Fsp3) is 0.833. The molecule has 0 saturated heterocycles. The minimum absolute atomic E-state index is 0.0926. The standard InChI is InChI=1S/C6H10N2O2S/c9-8(10)5-6-7-3-1-2-4-11-6/h1-5H2. The van der Waals surface area contributed by atoms with Gasteiger partial charge in [-0.3, -0.25) is 15.1 Å². The first-order valence-electron chi connectivity index (χ1n) is 3.57. The highest BCUT2D eigenvalue weighted by molar-refractivity contribution is 8.14. The first kappa shape index (κ1) is 8.52. The molecule has 1 aliphatic heterocycles. The Morgan fingerprint density at radius 1 is 1.64 bits per heavy atom. The van der Waals surface area contributed by atoms with Crippen molar-refractivity contribution in [3.05, 3.63) is 10.1 Å². The Hall–Kier alpha value is -0.580. The Balaban J connectivity index is 2.40. The maximum atomic E-state index is 10.1. The van der Waals surface area contributed by atoms with E-state index in [0.29, 0.717) is 5.04 Å². The molecular weight excluding hydrogens is 164 g/mol. The van der Waals surface area contributed by atoms with Gasteiger partial charge in [0.1, 0.15) is 5.04 Å². The number of rotatable bonds is 2. The molecule has 1 heterocycles. The van der Waals surface area contributed by atoms with Crippen LogP contribution >= 0.6 is 11.8 Å². The third-order valence-corrected chi connectivity index (χ3v) is 2.46. The number of thioether (sulfide) groups is 1. The predicted molar refractivity (Wildman–Crippen MR) is 45.9 cm³/mol. The molecule has 0 aromatic heterocycles. The molecule has 0 N–H and O–H groups in total. The highest BCUT2D eigenvalue weighted by Crippen LogP contribution is 2.12. The number of hydrogen-bond donors (Lipinski definition) is 0. The number of hydrogen-bond acceptors (Lipinski definition) is 4. The molecule has 62 valence electrons. The highest BCUT2D eigenvalue weighted by atomic mass is 32.2. The Morgan fingerprint density at radius 3 is 3.18 bits per heavy atom. The van der Waals surface area contributed by atoms with E-state index in [1.807, 2.05) is 0 Å². The Bertz CT molecular complexity index is 181. The van der Waals surface area contributed by atoms with Crippen LogP contribution in [0.5, 0.6) is 0 Å². The van der Waals surface area contributed by atoms with E-state index < -0.39 is 0 Å². The molecule has 0 saturated carbocycles. The molecule has 0 aliphatic carbocycles. The van der Waals surface area contributed by atoms with Crippen molar-refractivity contribution in [2.45, 2.75) is 12.8 Å². The maximum absolute atomic E-state index is 10.1. The number of nitro groups is 1. The lowest BCUT2D eigenvalue weighted by atomic mass is 10.3. The second-order valence-electron chi connectivity index (χ2n) is 2.32. The molecule has 1 aliphatic rings. The molecule has 0 bridgehead atoms. The summed E-state index contributed by atoms with van der Waals surface area (Å²) in [6, 6.07) is 0. The van der Waals surface area contributed by atoms with Crippen LogP contribution in [0.1, 0.15) is 12.8 Å². The van der Waals surface area contributed by atoms with Crippen molar-refractivity contribution >= 4 is 16.8 Å². The summed E-state index contributed by atoms with van der Waals surface area (Å²) in [5.74, 6) is 0.979. The van der Waals surface area contributed by atoms with Crippen LogP contribution in [0, 0.1) is 10.1 Å². The largest absolute Gasteiger partial charge is 0.276 e. The summed E-state index contributed by atoms with van der Waals surface area (Å²) in [7, 11) is 0. The molecule has 0 unspecified atom stereocenters. The smallest absolute Gasteiger partial charge is 0.250 e. The number of nitrogens with zero attached hydrogens (tertiary/aromatic N) is 2. The van der Waals surface area contributed by atoms with Crippen molar-refractivity contribution in [1.29, 1.82) is 0 Å². The van der Waals surface area contributed by atoms with E-state index in [0.717, 1.165) is 25.1 Å². The monoisotopic (exact) mass is 174 g/mol. The zero-order valence-corrected chi connectivity index (χ0v) is 6.97. The van der Waals surface area contributed by atoms with Gasteiger partial charge >= 0.3 is 0 Å². The summed E-state index contributed by atoms with van der Waals surface area (Å²) < 4.78 is 0. The van der Waals surface area contributed by atoms with Crippen LogP contribution in [0.15, 0.2) is 4.99 Å². The topological polar surface area (TPSA) is 55.5 Å². The van der Waals surface area contributed by atoms with Crippen LogP contribution in [0.4, 0.5) is 0 Å². The Kier molecular flexibility index (Phi) is 3.35. The van der Waals surface area contributed by atoms with Gasteiger partial charge < -0.3 is 0 Å². The summed E-state index contributed by atoms with van der Waals surface area (Å²) in [5.41, 5.74) is 0. The minimum Gasteiger partial charge on any atom is -0.276 e. The third kappa shape index (κ3) is 3.36. The molecule has 4 nitrogen and oxygen atoms in total. The van der Waals surface area contributed by atoms with Crippen molar-refractivity contribution in [3.63, 3.8) is 0 Å². The zero-order valence-electron chi connectivity index (χ0n) is 6.15. The summed E-state index contributed by atoms with van der Waals surface area (Å²) >= 11 is 1.52. The first-order chi connectivity index (χ1) is 5.29. The molecule has 0 spiro atoms. The predicted octanol–water partition coefficient (Wildman–Crippen LogP) is 1.19. The van der Waals surface area contributed by atoms with Gasteiger partial charge in [-0.25, -0.2) is 0 Å². The van der Waals surface area contributed by atoms with Gasteiger partial charge in [0.2, 0.25) is 0 Å². The van der Waals surface area contributed by atoms with E-state index in [2.05, 4.69) is 4.99 Å². The van der Waals surface area contributed by atoms with E-state index in [4.69, 9.17) is 0 Å². The molecule has 0 fully saturated rings. The van der Waals surface area contributed by atoms with Crippen LogP contribution in [-0.2, 0) is 0 Å². The van der Waals surface area contributed by atoms with Crippen molar-refractivity contribution in [2.24, 2.45) is 4.99 Å². The molecule has 0 aromatic carbocycles. The van der Waals surface area contributed by atoms with Gasteiger partial charge in [0.15, 0.2) is 0 Å². The van der Waals surface area contributed by atoms with Crippen LogP contribution in [0.2, 0.25) is 0 Å². The van der Waals surface area contributed by atoms with E-state index >= 15 is 0 Å². The number of aliphatic imine (C=N–C) groups is 1. The van der Waals surface area contributed by atoms with Crippen LogP contribution in [0.25, 0.3) is 0 Å². The molecule has 11 heavy (non-hydrogen) atoms. The van der Waals surface area contributed by atoms with Crippen molar-refractivity contribution in [2.75, 3.05) is 18.8 Å². The lowest BCUT2D eigenvalue weighted by Gasteiger charge is -1.95. The summed E-state index contributed by atoms with van der Waals surface area (Å²) in [6.45, 7) is 0.667. The fourth-order valence-corrected chi connectivity index (χ4v) is 1.82. The molecule has 0 amide bonds. The lowest BCUT2D eigenvalue weighted by molar-refractivity contribution is -0.462. The van der Waals surface area contributed by atoms with Gasteiger partial charge in [-0.1, -0.05) is 0 Å². The van der Waals surface area contributed by atoms with Gasteiger partial charge in [-0.15, -0.1) is 11.8 Å². The van der Waals surface area contributed by atoms with Gasteiger partial charge in [0.25, 0.3) is 6.54 Å². The highest BCUT2D eigenvalue weighted by Gasteiger charge is 2.09. The van der Waals surface area contributed by atoms with E-state index in [-0.39, 0.29) is 11.5 Å². The normalized spacial score (nSPS) is 18.7. The van der Waals surface area contributed by atoms with Crippen molar-refractivity contribution in [3.8, 4) is 0 Å². The average Bonchev–Trinajstić information content (AvgIpc) is 2.14. The summed E-state index contributed by atoms with van der Waals surface area (Å²) in [4.78, 5) is 13.9. The molecule has 0 radical (unpaired) electrons. The average molecular weight is 174 g/mol. The Morgan fingerprint density at radius 2 is 2.45 bits per heavy atom. The zero-order chi connectivity index (χ0) is 8.10. The van der Waals surface area contributed by atoms with Crippen LogP contribution in [-0.4, -0.2) is 28.8 Å². The third-order valence-electron chi connectivity index (χ3n) is 1.37. The SMILES string of the molecule is O=[N+]([O-])CC1=NCCCCS1.